The van der Waals surface area contributed by atoms with Gasteiger partial charge in [0.05, 0.1) is 0 Å². The van der Waals surface area contributed by atoms with E-state index < -0.39 is 12.1 Å². The predicted octanol–water partition coefficient (Wildman–Crippen LogP) is -0.316. The fraction of sp³-hybridized carbons (Fsp3) is 0.667. The van der Waals surface area contributed by atoms with Crippen LogP contribution in [0.1, 0.15) is 13.8 Å². The molecular formula is C6H11NO3. The van der Waals surface area contributed by atoms with Gasteiger partial charge in [0.25, 0.3) is 5.91 Å². The van der Waals surface area contributed by atoms with Gasteiger partial charge in [0.1, 0.15) is 0 Å². The van der Waals surface area contributed by atoms with Crippen LogP contribution in [0.4, 0.5) is 0 Å². The normalized spacial score (nSPS) is 11.9. The molecule has 0 saturated heterocycles. The van der Waals surface area contributed by atoms with Crippen LogP contribution in [0, 0.1) is 0 Å². The highest BCUT2D eigenvalue weighted by molar-refractivity contribution is 5.82. The van der Waals surface area contributed by atoms with Crippen molar-refractivity contribution < 1.29 is 14.3 Å². The van der Waals surface area contributed by atoms with Crippen LogP contribution in [0.15, 0.2) is 0 Å². The van der Waals surface area contributed by atoms with Crippen LogP contribution in [0.25, 0.3) is 0 Å². The number of hydrogen-bond acceptors (Lipinski definition) is 3. The number of esters is 1. The Bertz CT molecular complexity index is 144. The van der Waals surface area contributed by atoms with Gasteiger partial charge in [0.15, 0.2) is 6.10 Å². The van der Waals surface area contributed by atoms with Gasteiger partial charge in [-0.15, -0.1) is 0 Å². The molecule has 4 nitrogen and oxygen atoms in total. The van der Waals surface area contributed by atoms with Crippen molar-refractivity contribution in [3.63, 3.8) is 0 Å². The second-order valence-corrected chi connectivity index (χ2v) is 1.87. The molecule has 0 radical (unpaired) electrons. The number of hydrogen-bond donors (Lipinski definition) is 1. The maximum Gasteiger partial charge on any atom is 0.303 e. The third-order valence-corrected chi connectivity index (χ3v) is 0.958. The Hall–Kier alpha value is -1.06. The number of nitrogens with one attached hydrogen (secondary N) is 1. The summed E-state index contributed by atoms with van der Waals surface area (Å²) >= 11 is 0. The summed E-state index contributed by atoms with van der Waals surface area (Å²) in [6.45, 7) is 2.78. The largest absolute Gasteiger partial charge is 0.453 e. The van der Waals surface area contributed by atoms with E-state index in [1.807, 2.05) is 0 Å². The van der Waals surface area contributed by atoms with Crippen LogP contribution in [0.3, 0.4) is 0 Å². The van der Waals surface area contributed by atoms with Gasteiger partial charge in [-0.05, 0) is 6.92 Å². The van der Waals surface area contributed by atoms with Crippen molar-refractivity contribution in [2.75, 3.05) is 7.05 Å². The Labute approximate surface area is 59.6 Å². The summed E-state index contributed by atoms with van der Waals surface area (Å²) in [7, 11) is 1.49. The van der Waals surface area contributed by atoms with Crippen LogP contribution in [-0.4, -0.2) is 25.0 Å². The molecule has 0 fully saturated rings. The minimum atomic E-state index is -0.692. The van der Waals surface area contributed by atoms with Crippen LogP contribution < -0.4 is 5.32 Å². The fourth-order valence-corrected chi connectivity index (χ4v) is 0.506. The molecule has 0 saturated carbocycles. The van der Waals surface area contributed by atoms with E-state index in [1.165, 1.54) is 20.9 Å². The smallest absolute Gasteiger partial charge is 0.303 e. The first-order valence-corrected chi connectivity index (χ1v) is 2.96. The molecule has 1 atom stereocenters. The number of rotatable bonds is 2. The molecule has 0 aliphatic carbocycles. The van der Waals surface area contributed by atoms with Crippen molar-refractivity contribution in [1.82, 2.24) is 5.32 Å². The third-order valence-electron chi connectivity index (χ3n) is 0.958. The molecule has 0 heterocycles. The average Bonchev–Trinajstić information content (AvgIpc) is 1.85. The van der Waals surface area contributed by atoms with Gasteiger partial charge in [0.2, 0.25) is 0 Å². The standard InChI is InChI=1S/C6H11NO3/c1-4(6(9)7-3)10-5(2)8/h4H,1-3H3,(H,7,9)/t4-/m0/s1. The summed E-state index contributed by atoms with van der Waals surface area (Å²) in [4.78, 5) is 20.9. The summed E-state index contributed by atoms with van der Waals surface area (Å²) in [6.07, 6.45) is -0.692. The van der Waals surface area contributed by atoms with Crippen molar-refractivity contribution >= 4 is 11.9 Å². The van der Waals surface area contributed by atoms with Gasteiger partial charge in [-0.3, -0.25) is 9.59 Å². The van der Waals surface area contributed by atoms with Crippen molar-refractivity contribution in [1.29, 1.82) is 0 Å². The van der Waals surface area contributed by atoms with Crippen molar-refractivity contribution in [3.8, 4) is 0 Å². The Morgan fingerprint density at radius 2 is 2.00 bits per heavy atom. The molecule has 0 aromatic rings. The Morgan fingerprint density at radius 1 is 1.50 bits per heavy atom. The minimum Gasteiger partial charge on any atom is -0.453 e. The molecular weight excluding hydrogens is 134 g/mol. The highest BCUT2D eigenvalue weighted by atomic mass is 16.5. The lowest BCUT2D eigenvalue weighted by Gasteiger charge is -2.08. The van der Waals surface area contributed by atoms with Crippen molar-refractivity contribution in [2.45, 2.75) is 20.0 Å². The zero-order chi connectivity index (χ0) is 8.15. The van der Waals surface area contributed by atoms with E-state index in [0.29, 0.717) is 0 Å². The lowest BCUT2D eigenvalue weighted by molar-refractivity contribution is -0.152. The molecule has 0 aromatic carbocycles. The minimum absolute atomic E-state index is 0.296. The molecule has 1 amide bonds. The van der Waals surface area contributed by atoms with Gasteiger partial charge in [0, 0.05) is 14.0 Å². The summed E-state index contributed by atoms with van der Waals surface area (Å²) < 4.78 is 4.55. The zero-order valence-electron chi connectivity index (χ0n) is 6.30. The summed E-state index contributed by atoms with van der Waals surface area (Å²) in [6, 6.07) is 0. The van der Waals surface area contributed by atoms with Gasteiger partial charge in [-0.1, -0.05) is 0 Å². The lowest BCUT2D eigenvalue weighted by Crippen LogP contribution is -2.32. The third kappa shape index (κ3) is 3.06. The molecule has 0 unspecified atom stereocenters. The first-order valence-electron chi connectivity index (χ1n) is 2.96. The highest BCUT2D eigenvalue weighted by Crippen LogP contribution is 1.89. The van der Waals surface area contributed by atoms with Crippen molar-refractivity contribution in [2.24, 2.45) is 0 Å². The molecule has 1 N–H and O–H groups in total. The number of likely N-dealkylation sites (N-methyl/N-ethyl adjacent to an activating group) is 1. The molecule has 58 valence electrons. The topological polar surface area (TPSA) is 55.4 Å². The summed E-state index contributed by atoms with van der Waals surface area (Å²) in [5.74, 6) is -0.744. The number of amides is 1. The zero-order valence-corrected chi connectivity index (χ0v) is 6.30. The van der Waals surface area contributed by atoms with Gasteiger partial charge in [-0.25, -0.2) is 0 Å². The average molecular weight is 145 g/mol. The van der Waals surface area contributed by atoms with E-state index in [-0.39, 0.29) is 5.91 Å². The molecule has 10 heavy (non-hydrogen) atoms. The maximum absolute atomic E-state index is 10.7. The Kier molecular flexibility index (Phi) is 3.46. The van der Waals surface area contributed by atoms with Gasteiger partial charge < -0.3 is 10.1 Å². The van der Waals surface area contributed by atoms with E-state index in [4.69, 9.17) is 0 Å². The van der Waals surface area contributed by atoms with E-state index in [2.05, 4.69) is 10.1 Å². The monoisotopic (exact) mass is 145 g/mol. The van der Waals surface area contributed by atoms with Crippen LogP contribution in [0.5, 0.6) is 0 Å². The van der Waals surface area contributed by atoms with Gasteiger partial charge >= 0.3 is 5.97 Å². The number of carbonyl (C=O) groups is 2. The number of ether oxygens (including phenoxy) is 1. The maximum atomic E-state index is 10.7. The SMILES string of the molecule is CNC(=O)[C@H](C)OC(C)=O. The summed E-state index contributed by atoms with van der Waals surface area (Å²) in [5.41, 5.74) is 0. The van der Waals surface area contributed by atoms with E-state index >= 15 is 0 Å². The lowest BCUT2D eigenvalue weighted by atomic mass is 10.4. The quantitative estimate of drug-likeness (QED) is 0.542. The highest BCUT2D eigenvalue weighted by Gasteiger charge is 2.12. The second kappa shape index (κ2) is 3.87. The fourth-order valence-electron chi connectivity index (χ4n) is 0.506. The molecule has 0 aromatic heterocycles. The first-order chi connectivity index (χ1) is 4.57. The van der Waals surface area contributed by atoms with Crippen molar-refractivity contribution in [3.05, 3.63) is 0 Å². The van der Waals surface area contributed by atoms with Crippen LogP contribution in [0.2, 0.25) is 0 Å². The first kappa shape index (κ1) is 8.94. The molecule has 0 aliphatic heterocycles. The van der Waals surface area contributed by atoms with Gasteiger partial charge in [-0.2, -0.15) is 0 Å². The summed E-state index contributed by atoms with van der Waals surface area (Å²) in [5, 5.41) is 2.35. The molecule has 0 aliphatic rings. The van der Waals surface area contributed by atoms with Crippen LogP contribution in [-0.2, 0) is 14.3 Å². The Morgan fingerprint density at radius 3 is 2.30 bits per heavy atom. The second-order valence-electron chi connectivity index (χ2n) is 1.87. The van der Waals surface area contributed by atoms with E-state index in [0.717, 1.165) is 0 Å². The predicted molar refractivity (Wildman–Crippen MR) is 35.3 cm³/mol. The molecule has 0 bridgehead atoms. The molecule has 0 rings (SSSR count). The van der Waals surface area contributed by atoms with E-state index in [1.54, 1.807) is 0 Å². The molecule has 0 spiro atoms. The Balaban J connectivity index is 3.72. The van der Waals surface area contributed by atoms with E-state index in [9.17, 15) is 9.59 Å². The molecule has 4 heteroatoms. The van der Waals surface area contributed by atoms with Crippen LogP contribution >= 0.6 is 0 Å². The number of carbonyl (C=O) groups excluding carboxylic acids is 2.